The molecule has 1 aliphatic heterocycles. The van der Waals surface area contributed by atoms with E-state index in [2.05, 4.69) is 11.6 Å². The Balaban J connectivity index is 1.70. The number of Topliss-reactive ketones (excluding diaryl/α,β-unsaturated/α-hetero) is 1. The number of ketones is 1. The molecule has 3 heterocycles. The van der Waals surface area contributed by atoms with E-state index in [9.17, 15) is 14.7 Å². The molecule has 1 unspecified atom stereocenters. The quantitative estimate of drug-likeness (QED) is 0.198. The van der Waals surface area contributed by atoms with Crippen LogP contribution >= 0.6 is 22.7 Å². The molecule has 1 aliphatic rings. The van der Waals surface area contributed by atoms with Crippen molar-refractivity contribution in [3.8, 4) is 11.5 Å². The average Bonchev–Trinajstić information content (AvgIpc) is 3.55. The van der Waals surface area contributed by atoms with Gasteiger partial charge in [0, 0.05) is 0 Å². The molecule has 1 atom stereocenters. The molecular formula is C29H27N3O5S2. The van der Waals surface area contributed by atoms with Gasteiger partial charge in [-0.1, -0.05) is 36.1 Å². The number of aryl methyl sites for hydroxylation is 4. The smallest absolute Gasteiger partial charge is 0.296 e. The zero-order chi connectivity index (χ0) is 28.0. The number of methoxy groups -OCH3 is 1. The highest BCUT2D eigenvalue weighted by atomic mass is 32.1. The van der Waals surface area contributed by atoms with E-state index >= 15 is 0 Å². The molecule has 0 aliphatic carbocycles. The maximum absolute atomic E-state index is 13.9. The van der Waals surface area contributed by atoms with Crippen LogP contribution in [0, 0.1) is 27.7 Å². The van der Waals surface area contributed by atoms with Gasteiger partial charge in [-0.25, -0.2) is 9.97 Å². The molecule has 0 bridgehead atoms. The SMILES string of the molecule is C=CCOc1ccc(C2C(C(=O)c3sc(C)nc3C)=C(O)C(=O)N2c2nc3c(C)cc(C)cc3s2)cc1OC. The number of benzene rings is 2. The van der Waals surface area contributed by atoms with Crippen LogP contribution in [0.1, 0.15) is 43.1 Å². The molecule has 5 rings (SSSR count). The predicted molar refractivity (Wildman–Crippen MR) is 154 cm³/mol. The number of thiazole rings is 2. The maximum atomic E-state index is 13.9. The summed E-state index contributed by atoms with van der Waals surface area (Å²) in [5, 5.41) is 12.3. The Morgan fingerprint density at radius 3 is 2.56 bits per heavy atom. The molecule has 1 amide bonds. The van der Waals surface area contributed by atoms with Gasteiger partial charge in [0.15, 0.2) is 22.4 Å². The summed E-state index contributed by atoms with van der Waals surface area (Å²) in [5.74, 6) is -0.843. The van der Waals surface area contributed by atoms with Crippen LogP contribution in [-0.2, 0) is 4.79 Å². The van der Waals surface area contributed by atoms with Crippen molar-refractivity contribution >= 4 is 49.7 Å². The minimum atomic E-state index is -0.948. The zero-order valence-electron chi connectivity index (χ0n) is 22.2. The van der Waals surface area contributed by atoms with Crippen LogP contribution in [0.3, 0.4) is 0 Å². The number of fused-ring (bicyclic) bond motifs is 1. The highest BCUT2D eigenvalue weighted by Crippen LogP contribution is 2.46. The number of nitrogens with zero attached hydrogens (tertiary/aromatic N) is 3. The second-order valence-electron chi connectivity index (χ2n) is 9.25. The van der Waals surface area contributed by atoms with Gasteiger partial charge in [0.05, 0.1) is 44.5 Å². The van der Waals surface area contributed by atoms with Crippen molar-refractivity contribution in [1.82, 2.24) is 9.97 Å². The number of hydrogen-bond acceptors (Lipinski definition) is 9. The van der Waals surface area contributed by atoms with Crippen LogP contribution in [0.25, 0.3) is 10.2 Å². The van der Waals surface area contributed by atoms with E-state index < -0.39 is 23.5 Å². The lowest BCUT2D eigenvalue weighted by molar-refractivity contribution is -0.117. The highest BCUT2D eigenvalue weighted by Gasteiger charge is 2.46. The van der Waals surface area contributed by atoms with E-state index in [0.29, 0.717) is 32.8 Å². The third-order valence-electron chi connectivity index (χ3n) is 6.45. The van der Waals surface area contributed by atoms with Gasteiger partial charge in [0.2, 0.25) is 5.78 Å². The highest BCUT2D eigenvalue weighted by molar-refractivity contribution is 7.22. The average molecular weight is 562 g/mol. The number of aliphatic hydroxyl groups excluding tert-OH is 1. The Labute approximate surface area is 233 Å². The van der Waals surface area contributed by atoms with Crippen LogP contribution in [0.5, 0.6) is 11.5 Å². The fraction of sp³-hybridized carbons (Fsp3) is 0.241. The van der Waals surface area contributed by atoms with Gasteiger partial charge in [-0.15, -0.1) is 11.3 Å². The van der Waals surface area contributed by atoms with Gasteiger partial charge < -0.3 is 14.6 Å². The zero-order valence-corrected chi connectivity index (χ0v) is 23.8. The Morgan fingerprint density at radius 1 is 1.13 bits per heavy atom. The monoisotopic (exact) mass is 561 g/mol. The van der Waals surface area contributed by atoms with Crippen molar-refractivity contribution < 1.29 is 24.2 Å². The number of hydrogen-bond donors (Lipinski definition) is 1. The summed E-state index contributed by atoms with van der Waals surface area (Å²) < 4.78 is 12.2. The summed E-state index contributed by atoms with van der Waals surface area (Å²) in [5.41, 5.74) is 3.90. The normalized spacial score (nSPS) is 15.4. The first-order valence-corrected chi connectivity index (χ1v) is 13.8. The van der Waals surface area contributed by atoms with Crippen LogP contribution in [0.4, 0.5) is 5.13 Å². The third kappa shape index (κ3) is 4.59. The molecule has 0 saturated carbocycles. The Hall–Kier alpha value is -4.02. The summed E-state index contributed by atoms with van der Waals surface area (Å²) in [6.07, 6.45) is 1.62. The van der Waals surface area contributed by atoms with Crippen LogP contribution in [0.2, 0.25) is 0 Å². The number of aliphatic hydroxyl groups is 1. The van der Waals surface area contributed by atoms with Gasteiger partial charge in [-0.05, 0) is 62.6 Å². The molecule has 0 saturated heterocycles. The number of ether oxygens (including phenoxy) is 2. The molecule has 8 nitrogen and oxygen atoms in total. The molecule has 2 aromatic carbocycles. The number of carbonyl (C=O) groups excluding carboxylic acids is 2. The Bertz CT molecular complexity index is 1680. The van der Waals surface area contributed by atoms with Crippen molar-refractivity contribution in [3.63, 3.8) is 0 Å². The fourth-order valence-corrected chi connectivity index (χ4v) is 6.84. The van der Waals surface area contributed by atoms with E-state index in [1.807, 2.05) is 32.9 Å². The van der Waals surface area contributed by atoms with Gasteiger partial charge >= 0.3 is 0 Å². The van der Waals surface area contributed by atoms with Crippen molar-refractivity contribution in [3.05, 3.63) is 86.6 Å². The maximum Gasteiger partial charge on any atom is 0.296 e. The van der Waals surface area contributed by atoms with E-state index in [-0.39, 0.29) is 12.2 Å². The number of rotatable bonds is 8. The predicted octanol–water partition coefficient (Wildman–Crippen LogP) is 6.34. The topological polar surface area (TPSA) is 102 Å². The molecule has 39 heavy (non-hydrogen) atoms. The van der Waals surface area contributed by atoms with Gasteiger partial charge in [0.1, 0.15) is 6.61 Å². The molecule has 4 aromatic rings. The molecule has 1 N–H and O–H groups in total. The van der Waals surface area contributed by atoms with Crippen LogP contribution in [0.15, 0.2) is 54.3 Å². The molecule has 200 valence electrons. The lowest BCUT2D eigenvalue weighted by atomic mass is 9.95. The number of aromatic nitrogens is 2. The van der Waals surface area contributed by atoms with E-state index in [4.69, 9.17) is 14.5 Å². The number of amides is 1. The second kappa shape index (κ2) is 10.3. The summed E-state index contributed by atoms with van der Waals surface area (Å²) in [4.78, 5) is 38.5. The first-order valence-electron chi connectivity index (χ1n) is 12.2. The van der Waals surface area contributed by atoms with Crippen LogP contribution in [-0.4, -0.2) is 40.5 Å². The van der Waals surface area contributed by atoms with E-state index in [1.165, 1.54) is 34.7 Å². The first kappa shape index (κ1) is 26.6. The standard InChI is InChI=1S/C29H27N3O5S2/c1-7-10-37-19-9-8-18(13-20(19)36-6)24-22(25(33)27-16(4)30-17(5)38-27)26(34)28(35)32(24)29-31-23-15(3)11-14(2)12-21(23)39-29/h7-9,11-13,24,34H,1,10H2,2-6H3. The molecular weight excluding hydrogens is 534 g/mol. The summed E-state index contributed by atoms with van der Waals surface area (Å²) in [6, 6.07) is 8.27. The number of anilines is 1. The molecule has 0 radical (unpaired) electrons. The Kier molecular flexibility index (Phi) is 7.00. The summed E-state index contributed by atoms with van der Waals surface area (Å²) >= 11 is 2.57. The minimum absolute atomic E-state index is 0.0271. The van der Waals surface area contributed by atoms with Crippen molar-refractivity contribution in [2.75, 3.05) is 18.6 Å². The lowest BCUT2D eigenvalue weighted by Crippen LogP contribution is -2.31. The third-order valence-corrected chi connectivity index (χ3v) is 8.52. The second-order valence-corrected chi connectivity index (χ2v) is 11.5. The number of carbonyl (C=O) groups is 2. The summed E-state index contributed by atoms with van der Waals surface area (Å²) in [7, 11) is 1.51. The molecule has 10 heteroatoms. The molecule has 0 spiro atoms. The Morgan fingerprint density at radius 2 is 1.90 bits per heavy atom. The van der Waals surface area contributed by atoms with Crippen LogP contribution < -0.4 is 14.4 Å². The lowest BCUT2D eigenvalue weighted by Gasteiger charge is -2.25. The van der Waals surface area contributed by atoms with Crippen molar-refractivity contribution in [2.24, 2.45) is 0 Å². The minimum Gasteiger partial charge on any atom is -0.503 e. The van der Waals surface area contributed by atoms with Gasteiger partial charge in [0.25, 0.3) is 5.91 Å². The van der Waals surface area contributed by atoms with Gasteiger partial charge in [-0.3, -0.25) is 14.5 Å². The summed E-state index contributed by atoms with van der Waals surface area (Å²) in [6.45, 7) is 11.5. The molecule has 0 fully saturated rings. The van der Waals surface area contributed by atoms with E-state index in [1.54, 1.807) is 31.2 Å². The largest absolute Gasteiger partial charge is 0.503 e. The van der Waals surface area contributed by atoms with E-state index in [0.717, 1.165) is 26.4 Å². The van der Waals surface area contributed by atoms with Crippen molar-refractivity contribution in [2.45, 2.75) is 33.7 Å². The molecule has 2 aromatic heterocycles. The fourth-order valence-electron chi connectivity index (χ4n) is 4.80. The van der Waals surface area contributed by atoms with Crippen molar-refractivity contribution in [1.29, 1.82) is 0 Å². The van der Waals surface area contributed by atoms with Gasteiger partial charge in [-0.2, -0.15) is 0 Å². The first-order chi connectivity index (χ1) is 18.6.